The van der Waals surface area contributed by atoms with Gasteiger partial charge in [-0.25, -0.2) is 9.78 Å². The molecule has 3 rings (SSSR count). The van der Waals surface area contributed by atoms with Gasteiger partial charge in [0.1, 0.15) is 5.60 Å². The number of aromatic nitrogens is 1. The van der Waals surface area contributed by atoms with E-state index in [4.69, 9.17) is 9.47 Å². The molecule has 0 atom stereocenters. The van der Waals surface area contributed by atoms with Gasteiger partial charge in [-0.15, -0.1) is 0 Å². The van der Waals surface area contributed by atoms with Crippen LogP contribution in [0.5, 0.6) is 5.88 Å². The summed E-state index contributed by atoms with van der Waals surface area (Å²) in [6, 6.07) is 3.62. The molecule has 2 amide bonds. The Hall–Kier alpha value is -2.31. The van der Waals surface area contributed by atoms with Gasteiger partial charge in [0.15, 0.2) is 0 Å². The number of methoxy groups -OCH3 is 1. The van der Waals surface area contributed by atoms with Crippen LogP contribution in [0.1, 0.15) is 33.6 Å². The molecule has 0 radical (unpaired) electrons. The van der Waals surface area contributed by atoms with Crippen LogP contribution in [0.4, 0.5) is 10.5 Å². The van der Waals surface area contributed by atoms with E-state index in [2.05, 4.69) is 4.98 Å². The van der Waals surface area contributed by atoms with Gasteiger partial charge >= 0.3 is 6.09 Å². The number of nitrogens with zero attached hydrogens (tertiary/aromatic N) is 3. The summed E-state index contributed by atoms with van der Waals surface area (Å²) < 4.78 is 10.4. The van der Waals surface area contributed by atoms with Crippen molar-refractivity contribution in [3.8, 4) is 5.88 Å². The Labute approximate surface area is 154 Å². The van der Waals surface area contributed by atoms with Crippen LogP contribution in [0.3, 0.4) is 0 Å². The van der Waals surface area contributed by atoms with Crippen LogP contribution in [-0.4, -0.2) is 54.2 Å². The lowest BCUT2D eigenvalue weighted by Gasteiger charge is -2.40. The normalized spacial score (nSPS) is 17.5. The molecule has 0 spiro atoms. The maximum Gasteiger partial charge on any atom is 0.410 e. The van der Waals surface area contributed by atoms with Gasteiger partial charge in [-0.1, -0.05) is 0 Å². The summed E-state index contributed by atoms with van der Waals surface area (Å²) in [5.74, 6) is 0.933. The summed E-state index contributed by atoms with van der Waals surface area (Å²) in [6.45, 7) is 7.01. The molecule has 1 aliphatic carbocycles. The molecule has 142 valence electrons. The third-order valence-corrected chi connectivity index (χ3v) is 4.53. The molecule has 2 heterocycles. The first-order chi connectivity index (χ1) is 12.3. The zero-order valence-electron chi connectivity index (χ0n) is 15.9. The van der Waals surface area contributed by atoms with Gasteiger partial charge in [0.25, 0.3) is 0 Å². The molecule has 1 aliphatic heterocycles. The van der Waals surface area contributed by atoms with Crippen molar-refractivity contribution in [3.05, 3.63) is 18.3 Å². The Kier molecular flexibility index (Phi) is 5.07. The molecule has 0 aromatic carbocycles. The Morgan fingerprint density at radius 1 is 1.27 bits per heavy atom. The van der Waals surface area contributed by atoms with Crippen LogP contribution in [0, 0.1) is 11.8 Å². The number of carbonyl (C=O) groups excluding carboxylic acids is 2. The van der Waals surface area contributed by atoms with Crippen molar-refractivity contribution in [1.29, 1.82) is 0 Å². The van der Waals surface area contributed by atoms with E-state index in [1.54, 1.807) is 29.2 Å². The quantitative estimate of drug-likeness (QED) is 0.806. The van der Waals surface area contributed by atoms with Gasteiger partial charge in [-0.2, -0.15) is 0 Å². The molecule has 26 heavy (non-hydrogen) atoms. The first-order valence-corrected chi connectivity index (χ1v) is 9.06. The van der Waals surface area contributed by atoms with Gasteiger partial charge in [0, 0.05) is 25.7 Å². The molecule has 7 heteroatoms. The third-order valence-electron chi connectivity index (χ3n) is 4.53. The lowest BCUT2D eigenvalue weighted by Crippen LogP contribution is -2.57. The van der Waals surface area contributed by atoms with Crippen LogP contribution in [0.2, 0.25) is 0 Å². The topological polar surface area (TPSA) is 72.0 Å². The van der Waals surface area contributed by atoms with E-state index in [-0.39, 0.29) is 17.9 Å². The highest BCUT2D eigenvalue weighted by Gasteiger charge is 2.41. The van der Waals surface area contributed by atoms with Gasteiger partial charge < -0.3 is 19.3 Å². The standard InChI is InChI=1S/C19H27N3O4/c1-19(2,3)26-18(24)21-11-14(12-21)17(23)22(10-13-5-6-13)15-7-8-16(25-4)20-9-15/h7-9,13-14H,5-6,10-12H2,1-4H3. The van der Waals surface area contributed by atoms with Crippen molar-refractivity contribution in [2.24, 2.45) is 11.8 Å². The van der Waals surface area contributed by atoms with E-state index in [1.165, 1.54) is 0 Å². The monoisotopic (exact) mass is 361 g/mol. The van der Waals surface area contributed by atoms with Crippen molar-refractivity contribution >= 4 is 17.7 Å². The fourth-order valence-electron chi connectivity index (χ4n) is 2.86. The summed E-state index contributed by atoms with van der Waals surface area (Å²) in [5, 5.41) is 0. The van der Waals surface area contributed by atoms with Crippen LogP contribution < -0.4 is 9.64 Å². The molecule has 2 fully saturated rings. The summed E-state index contributed by atoms with van der Waals surface area (Å²) in [6.07, 6.45) is 3.62. The number of carbonyl (C=O) groups is 2. The van der Waals surface area contributed by atoms with Crippen LogP contribution in [-0.2, 0) is 9.53 Å². The molecule has 1 saturated heterocycles. The van der Waals surface area contributed by atoms with Crippen molar-refractivity contribution in [2.75, 3.05) is 31.6 Å². The number of hydrogen-bond donors (Lipinski definition) is 0. The van der Waals surface area contributed by atoms with Crippen molar-refractivity contribution in [3.63, 3.8) is 0 Å². The van der Waals surface area contributed by atoms with Crippen molar-refractivity contribution < 1.29 is 19.1 Å². The zero-order valence-corrected chi connectivity index (χ0v) is 15.9. The highest BCUT2D eigenvalue weighted by molar-refractivity contribution is 5.96. The largest absolute Gasteiger partial charge is 0.481 e. The molecular weight excluding hydrogens is 334 g/mol. The highest BCUT2D eigenvalue weighted by atomic mass is 16.6. The minimum Gasteiger partial charge on any atom is -0.481 e. The second-order valence-corrected chi connectivity index (χ2v) is 8.03. The average Bonchev–Trinajstić information content (AvgIpc) is 3.33. The molecule has 1 aromatic heterocycles. The van der Waals surface area contributed by atoms with Crippen LogP contribution >= 0.6 is 0 Å². The number of amides is 2. The van der Waals surface area contributed by atoms with Gasteiger partial charge in [0.2, 0.25) is 11.8 Å². The summed E-state index contributed by atoms with van der Waals surface area (Å²) in [5.41, 5.74) is 0.247. The number of pyridine rings is 1. The molecule has 1 saturated carbocycles. The lowest BCUT2D eigenvalue weighted by atomic mass is 9.98. The van der Waals surface area contributed by atoms with E-state index in [1.807, 2.05) is 26.8 Å². The molecule has 2 aliphatic rings. The second-order valence-electron chi connectivity index (χ2n) is 8.03. The Morgan fingerprint density at radius 3 is 2.46 bits per heavy atom. The Balaban J connectivity index is 1.62. The van der Waals surface area contributed by atoms with Crippen LogP contribution in [0.15, 0.2) is 18.3 Å². The summed E-state index contributed by atoms with van der Waals surface area (Å²) >= 11 is 0. The maximum absolute atomic E-state index is 13.0. The molecular formula is C19H27N3O4. The van der Waals surface area contributed by atoms with E-state index in [0.29, 0.717) is 31.4 Å². The van der Waals surface area contributed by atoms with E-state index < -0.39 is 5.60 Å². The maximum atomic E-state index is 13.0. The average molecular weight is 361 g/mol. The smallest absolute Gasteiger partial charge is 0.410 e. The SMILES string of the molecule is COc1ccc(N(CC2CC2)C(=O)C2CN(C(=O)OC(C)(C)C)C2)cn1. The summed E-state index contributed by atoms with van der Waals surface area (Å²) in [4.78, 5) is 32.6. The minimum absolute atomic E-state index is 0.0451. The number of rotatable bonds is 5. The Bertz CT molecular complexity index is 658. The van der Waals surface area contributed by atoms with Crippen LogP contribution in [0.25, 0.3) is 0 Å². The van der Waals surface area contributed by atoms with Gasteiger partial charge in [-0.3, -0.25) is 4.79 Å². The fraction of sp³-hybridized carbons (Fsp3) is 0.632. The molecule has 0 N–H and O–H groups in total. The van der Waals surface area contributed by atoms with E-state index >= 15 is 0 Å². The number of hydrogen-bond acceptors (Lipinski definition) is 5. The Morgan fingerprint density at radius 2 is 1.96 bits per heavy atom. The molecule has 1 aromatic rings. The number of likely N-dealkylation sites (tertiary alicyclic amines) is 1. The zero-order chi connectivity index (χ0) is 18.9. The summed E-state index contributed by atoms with van der Waals surface area (Å²) in [7, 11) is 1.56. The fourth-order valence-corrected chi connectivity index (χ4v) is 2.86. The minimum atomic E-state index is -0.529. The lowest BCUT2D eigenvalue weighted by molar-refractivity contribution is -0.127. The predicted octanol–water partition coefficient (Wildman–Crippen LogP) is 2.70. The molecule has 0 bridgehead atoms. The number of anilines is 1. The van der Waals surface area contributed by atoms with Crippen molar-refractivity contribution in [2.45, 2.75) is 39.2 Å². The highest BCUT2D eigenvalue weighted by Crippen LogP contribution is 2.33. The van der Waals surface area contributed by atoms with Crippen molar-refractivity contribution in [1.82, 2.24) is 9.88 Å². The van der Waals surface area contributed by atoms with Gasteiger partial charge in [0.05, 0.1) is 24.9 Å². The van der Waals surface area contributed by atoms with E-state index in [0.717, 1.165) is 18.5 Å². The third kappa shape index (κ3) is 4.45. The van der Waals surface area contributed by atoms with Gasteiger partial charge in [-0.05, 0) is 45.6 Å². The molecule has 0 unspecified atom stereocenters. The first-order valence-electron chi connectivity index (χ1n) is 9.06. The second kappa shape index (κ2) is 7.13. The number of ether oxygens (including phenoxy) is 2. The first kappa shape index (κ1) is 18.5. The van der Waals surface area contributed by atoms with E-state index in [9.17, 15) is 9.59 Å². The molecule has 7 nitrogen and oxygen atoms in total. The predicted molar refractivity (Wildman–Crippen MR) is 97.2 cm³/mol.